The highest BCUT2D eigenvalue weighted by Crippen LogP contribution is 2.23. The molecule has 0 aliphatic rings. The van der Waals surface area contributed by atoms with Gasteiger partial charge in [0.25, 0.3) is 5.91 Å². The molecule has 6 heteroatoms. The van der Waals surface area contributed by atoms with E-state index in [4.69, 9.17) is 0 Å². The SMILES string of the molecule is CN(Cc1ccc(Br)s1)C(=O)c1ccc(F)cc1F. The number of rotatable bonds is 3. The third kappa shape index (κ3) is 3.39. The van der Waals surface area contributed by atoms with Gasteiger partial charge >= 0.3 is 0 Å². The Morgan fingerprint density at radius 2 is 2.05 bits per heavy atom. The molecule has 1 amide bonds. The molecule has 1 aromatic carbocycles. The molecular weight excluding hydrogens is 336 g/mol. The molecule has 2 nitrogen and oxygen atoms in total. The minimum absolute atomic E-state index is 0.125. The van der Waals surface area contributed by atoms with Crippen LogP contribution in [0.5, 0.6) is 0 Å². The minimum Gasteiger partial charge on any atom is -0.336 e. The summed E-state index contributed by atoms with van der Waals surface area (Å²) in [6, 6.07) is 6.72. The molecule has 0 fully saturated rings. The van der Waals surface area contributed by atoms with Crippen molar-refractivity contribution in [3.05, 3.63) is 56.2 Å². The highest BCUT2D eigenvalue weighted by Gasteiger charge is 2.17. The summed E-state index contributed by atoms with van der Waals surface area (Å²) < 4.78 is 27.3. The summed E-state index contributed by atoms with van der Waals surface area (Å²) in [5, 5.41) is 0. The maximum atomic E-state index is 13.5. The fraction of sp³-hybridized carbons (Fsp3) is 0.154. The highest BCUT2D eigenvalue weighted by atomic mass is 79.9. The van der Waals surface area contributed by atoms with E-state index in [2.05, 4.69) is 15.9 Å². The summed E-state index contributed by atoms with van der Waals surface area (Å²) in [6.45, 7) is 0.381. The number of benzene rings is 1. The van der Waals surface area contributed by atoms with E-state index < -0.39 is 17.5 Å². The van der Waals surface area contributed by atoms with E-state index >= 15 is 0 Å². The fourth-order valence-electron chi connectivity index (χ4n) is 1.61. The van der Waals surface area contributed by atoms with Gasteiger partial charge in [-0.1, -0.05) is 0 Å². The second-order valence-electron chi connectivity index (χ2n) is 3.99. The summed E-state index contributed by atoms with van der Waals surface area (Å²) >= 11 is 4.84. The molecule has 0 radical (unpaired) electrons. The monoisotopic (exact) mass is 345 g/mol. The third-order valence-electron chi connectivity index (χ3n) is 2.53. The topological polar surface area (TPSA) is 20.3 Å². The Kier molecular flexibility index (Phi) is 4.31. The first-order chi connectivity index (χ1) is 8.97. The zero-order chi connectivity index (χ0) is 14.0. The van der Waals surface area contributed by atoms with Crippen molar-refractivity contribution >= 4 is 33.2 Å². The summed E-state index contributed by atoms with van der Waals surface area (Å²) in [4.78, 5) is 14.4. The highest BCUT2D eigenvalue weighted by molar-refractivity contribution is 9.11. The van der Waals surface area contributed by atoms with Gasteiger partial charge in [-0.2, -0.15) is 0 Å². The molecule has 0 bridgehead atoms. The van der Waals surface area contributed by atoms with Gasteiger partial charge in [0.15, 0.2) is 0 Å². The van der Waals surface area contributed by atoms with Crippen LogP contribution >= 0.6 is 27.3 Å². The predicted molar refractivity (Wildman–Crippen MR) is 74.2 cm³/mol. The van der Waals surface area contributed by atoms with Crippen LogP contribution in [0, 0.1) is 11.6 Å². The molecule has 0 spiro atoms. The number of nitrogens with zero attached hydrogens (tertiary/aromatic N) is 1. The van der Waals surface area contributed by atoms with E-state index in [1.54, 1.807) is 7.05 Å². The average Bonchev–Trinajstić information content (AvgIpc) is 2.74. The molecule has 100 valence electrons. The van der Waals surface area contributed by atoms with Crippen molar-refractivity contribution in [2.45, 2.75) is 6.54 Å². The Bertz CT molecular complexity index is 614. The largest absolute Gasteiger partial charge is 0.336 e. The van der Waals surface area contributed by atoms with Crippen LogP contribution in [-0.2, 0) is 6.54 Å². The van der Waals surface area contributed by atoms with Crippen LogP contribution in [0.3, 0.4) is 0 Å². The van der Waals surface area contributed by atoms with Crippen LogP contribution in [0.4, 0.5) is 8.78 Å². The first-order valence-corrected chi connectivity index (χ1v) is 7.03. The van der Waals surface area contributed by atoms with Crippen molar-refractivity contribution in [1.82, 2.24) is 4.90 Å². The number of amides is 1. The molecule has 0 unspecified atom stereocenters. The number of hydrogen-bond donors (Lipinski definition) is 0. The molecule has 0 saturated carbocycles. The Labute approximate surface area is 121 Å². The molecule has 0 aliphatic heterocycles. The van der Waals surface area contributed by atoms with Gasteiger partial charge in [0.1, 0.15) is 11.6 Å². The van der Waals surface area contributed by atoms with Crippen LogP contribution < -0.4 is 0 Å². The number of thiophene rings is 1. The van der Waals surface area contributed by atoms with Crippen molar-refractivity contribution < 1.29 is 13.6 Å². The Balaban J connectivity index is 2.14. The van der Waals surface area contributed by atoms with Crippen LogP contribution in [0.2, 0.25) is 0 Å². The first kappa shape index (κ1) is 14.1. The lowest BCUT2D eigenvalue weighted by atomic mass is 10.2. The number of carbonyl (C=O) groups excluding carboxylic acids is 1. The van der Waals surface area contributed by atoms with E-state index in [0.29, 0.717) is 12.6 Å². The molecule has 2 aromatic rings. The molecule has 0 atom stereocenters. The molecule has 0 saturated heterocycles. The standard InChI is InChI=1S/C13H10BrF2NOS/c1-17(7-9-3-5-12(14)19-9)13(18)10-4-2-8(15)6-11(10)16/h2-6H,7H2,1H3. The van der Waals surface area contributed by atoms with E-state index in [1.165, 1.54) is 16.2 Å². The first-order valence-electron chi connectivity index (χ1n) is 5.42. The van der Waals surface area contributed by atoms with Crippen molar-refractivity contribution in [2.75, 3.05) is 7.05 Å². The van der Waals surface area contributed by atoms with Crippen molar-refractivity contribution in [3.8, 4) is 0 Å². The molecular formula is C13H10BrF2NOS. The summed E-state index contributed by atoms with van der Waals surface area (Å²) in [7, 11) is 1.58. The fourth-order valence-corrected chi connectivity index (χ4v) is 3.15. The summed E-state index contributed by atoms with van der Waals surface area (Å²) in [6.07, 6.45) is 0. The van der Waals surface area contributed by atoms with E-state index in [0.717, 1.165) is 20.8 Å². The van der Waals surface area contributed by atoms with E-state index in [-0.39, 0.29) is 5.56 Å². The van der Waals surface area contributed by atoms with Crippen molar-refractivity contribution in [3.63, 3.8) is 0 Å². The smallest absolute Gasteiger partial charge is 0.256 e. The maximum Gasteiger partial charge on any atom is 0.256 e. The van der Waals surface area contributed by atoms with Gasteiger partial charge in [-0.25, -0.2) is 8.78 Å². The van der Waals surface area contributed by atoms with Crippen LogP contribution in [-0.4, -0.2) is 17.9 Å². The van der Waals surface area contributed by atoms with Crippen molar-refractivity contribution in [2.24, 2.45) is 0 Å². The van der Waals surface area contributed by atoms with Gasteiger partial charge in [-0.05, 0) is 40.2 Å². The van der Waals surface area contributed by atoms with Gasteiger partial charge in [0, 0.05) is 18.0 Å². The van der Waals surface area contributed by atoms with Crippen molar-refractivity contribution in [1.29, 1.82) is 0 Å². The lowest BCUT2D eigenvalue weighted by molar-refractivity contribution is 0.0781. The Morgan fingerprint density at radius 3 is 2.63 bits per heavy atom. The number of hydrogen-bond acceptors (Lipinski definition) is 2. The van der Waals surface area contributed by atoms with Gasteiger partial charge in [-0.15, -0.1) is 11.3 Å². The molecule has 1 aromatic heterocycles. The zero-order valence-electron chi connectivity index (χ0n) is 9.99. The third-order valence-corrected chi connectivity index (χ3v) is 4.14. The molecule has 1 heterocycles. The minimum atomic E-state index is -0.843. The van der Waals surface area contributed by atoms with E-state index in [1.807, 2.05) is 12.1 Å². The van der Waals surface area contributed by atoms with Crippen LogP contribution in [0.15, 0.2) is 34.1 Å². The molecule has 0 N–H and O–H groups in total. The van der Waals surface area contributed by atoms with Gasteiger partial charge in [0.2, 0.25) is 0 Å². The summed E-state index contributed by atoms with van der Waals surface area (Å²) in [5.74, 6) is -2.01. The Morgan fingerprint density at radius 1 is 1.32 bits per heavy atom. The lowest BCUT2D eigenvalue weighted by Crippen LogP contribution is -2.26. The van der Waals surface area contributed by atoms with Gasteiger partial charge in [-0.3, -0.25) is 4.79 Å². The second kappa shape index (κ2) is 5.79. The van der Waals surface area contributed by atoms with Crippen LogP contribution in [0.1, 0.15) is 15.2 Å². The zero-order valence-corrected chi connectivity index (χ0v) is 12.4. The number of halogens is 3. The quantitative estimate of drug-likeness (QED) is 0.821. The Hall–Kier alpha value is -1.27. The van der Waals surface area contributed by atoms with Gasteiger partial charge in [0.05, 0.1) is 15.9 Å². The predicted octanol–water partition coefficient (Wildman–Crippen LogP) is 4.06. The van der Waals surface area contributed by atoms with Gasteiger partial charge < -0.3 is 4.90 Å². The summed E-state index contributed by atoms with van der Waals surface area (Å²) in [5.41, 5.74) is -0.125. The molecule has 19 heavy (non-hydrogen) atoms. The maximum absolute atomic E-state index is 13.5. The normalized spacial score (nSPS) is 10.5. The average molecular weight is 346 g/mol. The molecule has 2 rings (SSSR count). The second-order valence-corrected chi connectivity index (χ2v) is 6.54. The lowest BCUT2D eigenvalue weighted by Gasteiger charge is -2.16. The van der Waals surface area contributed by atoms with Crippen LogP contribution in [0.25, 0.3) is 0 Å². The molecule has 0 aliphatic carbocycles. The van der Waals surface area contributed by atoms with E-state index in [9.17, 15) is 13.6 Å². The number of carbonyl (C=O) groups is 1.